The molecule has 0 radical (unpaired) electrons. The summed E-state index contributed by atoms with van der Waals surface area (Å²) in [4.78, 5) is 2.45. The molecule has 18 heavy (non-hydrogen) atoms. The van der Waals surface area contributed by atoms with Gasteiger partial charge in [-0.15, -0.1) is 0 Å². The Balaban J connectivity index is 2.15. The van der Waals surface area contributed by atoms with Crippen molar-refractivity contribution < 1.29 is 5.11 Å². The molecule has 1 aliphatic rings. The smallest absolute Gasteiger partial charge is 0.0558 e. The Morgan fingerprint density at radius 1 is 1.17 bits per heavy atom. The molecule has 0 unspecified atom stereocenters. The van der Waals surface area contributed by atoms with Gasteiger partial charge in [0.1, 0.15) is 0 Å². The Kier molecular flexibility index (Phi) is 4.41. The second kappa shape index (κ2) is 5.85. The maximum atomic E-state index is 9.22. The van der Waals surface area contributed by atoms with Crippen molar-refractivity contribution in [2.24, 2.45) is 0 Å². The van der Waals surface area contributed by atoms with Crippen LogP contribution in [0.3, 0.4) is 0 Å². The summed E-state index contributed by atoms with van der Waals surface area (Å²) >= 11 is 0. The third kappa shape index (κ3) is 2.93. The molecule has 0 amide bonds. The molecule has 0 saturated heterocycles. The first-order chi connectivity index (χ1) is 8.61. The number of aliphatic hydroxyl groups excluding tert-OH is 1. The van der Waals surface area contributed by atoms with Gasteiger partial charge in [-0.3, -0.25) is 4.90 Å². The van der Waals surface area contributed by atoms with Crippen LogP contribution in [0.15, 0.2) is 12.1 Å². The molecule has 1 N–H and O–H groups in total. The summed E-state index contributed by atoms with van der Waals surface area (Å²) in [5.74, 6) is 0. The van der Waals surface area contributed by atoms with Gasteiger partial charge in [0.05, 0.1) is 6.61 Å². The average molecular weight is 247 g/mol. The van der Waals surface area contributed by atoms with E-state index in [4.69, 9.17) is 0 Å². The fraction of sp³-hybridized carbons (Fsp3) is 0.625. The number of aryl methyl sites for hydroxylation is 3. The SMILES string of the molecule is Cc1cc(C)c(CN(CCO)C2CCC2)c(C)c1. The Labute approximate surface area is 111 Å². The summed E-state index contributed by atoms with van der Waals surface area (Å²) in [6.45, 7) is 8.61. The lowest BCUT2D eigenvalue weighted by atomic mass is 9.90. The zero-order chi connectivity index (χ0) is 13.1. The van der Waals surface area contributed by atoms with Crippen LogP contribution in [0.4, 0.5) is 0 Å². The van der Waals surface area contributed by atoms with E-state index >= 15 is 0 Å². The lowest BCUT2D eigenvalue weighted by Crippen LogP contribution is -2.41. The zero-order valence-corrected chi connectivity index (χ0v) is 11.9. The molecule has 1 aliphatic carbocycles. The highest BCUT2D eigenvalue weighted by Gasteiger charge is 2.25. The topological polar surface area (TPSA) is 23.5 Å². The van der Waals surface area contributed by atoms with E-state index < -0.39 is 0 Å². The minimum atomic E-state index is 0.264. The molecule has 2 heteroatoms. The summed E-state index contributed by atoms with van der Waals surface area (Å²) in [5.41, 5.74) is 5.55. The quantitative estimate of drug-likeness (QED) is 0.864. The number of benzene rings is 1. The van der Waals surface area contributed by atoms with Gasteiger partial charge in [-0.2, -0.15) is 0 Å². The molecule has 0 aliphatic heterocycles. The number of hydrogen-bond acceptors (Lipinski definition) is 2. The molecule has 1 saturated carbocycles. The fourth-order valence-electron chi connectivity index (χ4n) is 2.93. The third-order valence-corrected chi connectivity index (χ3v) is 4.18. The van der Waals surface area contributed by atoms with Crippen LogP contribution in [-0.2, 0) is 6.54 Å². The van der Waals surface area contributed by atoms with Crippen LogP contribution in [0.5, 0.6) is 0 Å². The van der Waals surface area contributed by atoms with Crippen molar-refractivity contribution in [3.8, 4) is 0 Å². The predicted molar refractivity (Wildman–Crippen MR) is 75.8 cm³/mol. The third-order valence-electron chi connectivity index (χ3n) is 4.18. The second-order valence-electron chi connectivity index (χ2n) is 5.66. The number of hydrogen-bond donors (Lipinski definition) is 1. The van der Waals surface area contributed by atoms with Crippen LogP contribution in [0.25, 0.3) is 0 Å². The molecule has 2 rings (SSSR count). The van der Waals surface area contributed by atoms with Crippen molar-refractivity contribution in [2.75, 3.05) is 13.2 Å². The number of nitrogens with zero attached hydrogens (tertiary/aromatic N) is 1. The monoisotopic (exact) mass is 247 g/mol. The highest BCUT2D eigenvalue weighted by molar-refractivity contribution is 5.37. The van der Waals surface area contributed by atoms with Crippen molar-refractivity contribution in [1.82, 2.24) is 4.90 Å². The molecule has 1 fully saturated rings. The molecule has 0 heterocycles. The summed E-state index contributed by atoms with van der Waals surface area (Å²) in [5, 5.41) is 9.22. The molecule has 0 aromatic heterocycles. The predicted octanol–water partition coefficient (Wildman–Crippen LogP) is 2.96. The Bertz CT molecular complexity index is 387. The van der Waals surface area contributed by atoms with E-state index in [-0.39, 0.29) is 6.61 Å². The van der Waals surface area contributed by atoms with Crippen LogP contribution >= 0.6 is 0 Å². The minimum Gasteiger partial charge on any atom is -0.395 e. The van der Waals surface area contributed by atoms with Crippen LogP contribution in [0.2, 0.25) is 0 Å². The van der Waals surface area contributed by atoms with Gasteiger partial charge in [-0.1, -0.05) is 24.1 Å². The minimum absolute atomic E-state index is 0.264. The van der Waals surface area contributed by atoms with Gasteiger partial charge in [-0.25, -0.2) is 0 Å². The Hall–Kier alpha value is -0.860. The fourth-order valence-corrected chi connectivity index (χ4v) is 2.93. The molecular formula is C16H25NO. The molecule has 2 nitrogen and oxygen atoms in total. The largest absolute Gasteiger partial charge is 0.395 e. The summed E-state index contributed by atoms with van der Waals surface area (Å²) in [7, 11) is 0. The first kappa shape index (κ1) is 13.6. The molecular weight excluding hydrogens is 222 g/mol. The van der Waals surface area contributed by atoms with Gasteiger partial charge in [0, 0.05) is 19.1 Å². The molecule has 1 aromatic rings. The van der Waals surface area contributed by atoms with Crippen LogP contribution in [-0.4, -0.2) is 29.2 Å². The summed E-state index contributed by atoms with van der Waals surface area (Å²) in [6.07, 6.45) is 3.94. The van der Waals surface area contributed by atoms with E-state index in [1.165, 1.54) is 41.5 Å². The average Bonchev–Trinajstić information content (AvgIpc) is 2.20. The first-order valence-electron chi connectivity index (χ1n) is 7.03. The standard InChI is InChI=1S/C16H25NO/c1-12-9-13(2)16(14(3)10-12)11-17(7-8-18)15-5-4-6-15/h9-10,15,18H,4-8,11H2,1-3H3. The van der Waals surface area contributed by atoms with Gasteiger partial charge >= 0.3 is 0 Å². The molecule has 0 spiro atoms. The van der Waals surface area contributed by atoms with Crippen molar-refractivity contribution in [3.63, 3.8) is 0 Å². The highest BCUT2D eigenvalue weighted by Crippen LogP contribution is 2.27. The lowest BCUT2D eigenvalue weighted by Gasteiger charge is -2.38. The summed E-state index contributed by atoms with van der Waals surface area (Å²) in [6, 6.07) is 5.22. The van der Waals surface area contributed by atoms with E-state index in [2.05, 4.69) is 37.8 Å². The van der Waals surface area contributed by atoms with Crippen LogP contribution in [0.1, 0.15) is 41.5 Å². The molecule has 0 bridgehead atoms. The van der Waals surface area contributed by atoms with E-state index in [1.54, 1.807) is 0 Å². The number of aliphatic hydroxyl groups is 1. The van der Waals surface area contributed by atoms with E-state index in [9.17, 15) is 5.11 Å². The van der Waals surface area contributed by atoms with Crippen molar-refractivity contribution in [2.45, 2.75) is 52.6 Å². The number of rotatable bonds is 5. The molecule has 1 aromatic carbocycles. The van der Waals surface area contributed by atoms with E-state index in [0.29, 0.717) is 6.04 Å². The highest BCUT2D eigenvalue weighted by atomic mass is 16.3. The van der Waals surface area contributed by atoms with E-state index in [0.717, 1.165) is 13.1 Å². The Morgan fingerprint density at radius 3 is 2.22 bits per heavy atom. The van der Waals surface area contributed by atoms with Gasteiger partial charge < -0.3 is 5.11 Å². The zero-order valence-electron chi connectivity index (χ0n) is 11.9. The normalized spacial score (nSPS) is 16.1. The maximum Gasteiger partial charge on any atom is 0.0558 e. The summed E-state index contributed by atoms with van der Waals surface area (Å²) < 4.78 is 0. The maximum absolute atomic E-state index is 9.22. The van der Waals surface area contributed by atoms with Gasteiger partial charge in [0.25, 0.3) is 0 Å². The lowest BCUT2D eigenvalue weighted by molar-refractivity contribution is 0.0942. The van der Waals surface area contributed by atoms with Crippen LogP contribution in [0, 0.1) is 20.8 Å². The van der Waals surface area contributed by atoms with E-state index in [1.807, 2.05) is 0 Å². The Morgan fingerprint density at radius 2 is 1.78 bits per heavy atom. The van der Waals surface area contributed by atoms with Gasteiger partial charge in [-0.05, 0) is 50.3 Å². The van der Waals surface area contributed by atoms with Gasteiger partial charge in [0.2, 0.25) is 0 Å². The van der Waals surface area contributed by atoms with Gasteiger partial charge in [0.15, 0.2) is 0 Å². The molecule has 100 valence electrons. The van der Waals surface area contributed by atoms with Crippen molar-refractivity contribution in [1.29, 1.82) is 0 Å². The molecule has 0 atom stereocenters. The first-order valence-corrected chi connectivity index (χ1v) is 7.03. The second-order valence-corrected chi connectivity index (χ2v) is 5.66. The van der Waals surface area contributed by atoms with Crippen LogP contribution < -0.4 is 0 Å². The van der Waals surface area contributed by atoms with Crippen molar-refractivity contribution in [3.05, 3.63) is 34.4 Å². The van der Waals surface area contributed by atoms with Crippen molar-refractivity contribution >= 4 is 0 Å².